The van der Waals surface area contributed by atoms with Crippen LogP contribution >= 0.6 is 0 Å². The van der Waals surface area contributed by atoms with Gasteiger partial charge in [0.25, 0.3) is 0 Å². The van der Waals surface area contributed by atoms with E-state index in [0.29, 0.717) is 22.8 Å². The van der Waals surface area contributed by atoms with Crippen LogP contribution in [0.4, 0.5) is 4.79 Å². The fourth-order valence-corrected chi connectivity index (χ4v) is 2.77. The highest BCUT2D eigenvalue weighted by atomic mass is 16.5. The summed E-state index contributed by atoms with van der Waals surface area (Å²) in [6.07, 6.45) is 6.30. The highest BCUT2D eigenvalue weighted by molar-refractivity contribution is 5.73. The van der Waals surface area contributed by atoms with Crippen LogP contribution in [0.5, 0.6) is 17.5 Å². The van der Waals surface area contributed by atoms with Crippen molar-refractivity contribution in [3.63, 3.8) is 0 Å². The second-order valence-electron chi connectivity index (χ2n) is 6.40. The molecule has 2 aromatic carbocycles. The van der Waals surface area contributed by atoms with Gasteiger partial charge in [-0.2, -0.15) is 10.1 Å². The summed E-state index contributed by atoms with van der Waals surface area (Å²) in [6, 6.07) is 13.9. The molecular formula is C23H22N4O5. The number of carbonyl (C=O) groups excluding carboxylic acids is 1. The zero-order valence-electron chi connectivity index (χ0n) is 17.6. The summed E-state index contributed by atoms with van der Waals surface area (Å²) in [5, 5.41) is 10.3. The van der Waals surface area contributed by atoms with Gasteiger partial charge in [0.1, 0.15) is 36.4 Å². The summed E-state index contributed by atoms with van der Waals surface area (Å²) >= 11 is 0. The summed E-state index contributed by atoms with van der Waals surface area (Å²) in [7, 11) is 3.09. The maximum Gasteiger partial charge on any atom is 0.408 e. The van der Waals surface area contributed by atoms with Crippen molar-refractivity contribution in [3.8, 4) is 41.1 Å². The number of nitrogens with zero attached hydrogens (tertiary/aromatic N) is 3. The second-order valence-corrected chi connectivity index (χ2v) is 6.40. The van der Waals surface area contributed by atoms with Crippen LogP contribution in [-0.2, 0) is 11.3 Å². The summed E-state index contributed by atoms with van der Waals surface area (Å²) in [5.74, 6) is 3.54. The van der Waals surface area contributed by atoms with E-state index < -0.39 is 12.1 Å². The van der Waals surface area contributed by atoms with Crippen LogP contribution in [0, 0.1) is 12.3 Å². The molecule has 0 radical (unpaired) electrons. The number of ether oxygens (including phenoxy) is 4. The molecule has 1 unspecified atom stereocenters. The van der Waals surface area contributed by atoms with E-state index in [1.807, 2.05) is 30.3 Å². The maximum absolute atomic E-state index is 12.0. The molecule has 0 aliphatic carbocycles. The minimum atomic E-state index is -0.758. The Morgan fingerprint density at radius 3 is 2.47 bits per heavy atom. The van der Waals surface area contributed by atoms with E-state index in [4.69, 9.17) is 25.4 Å². The van der Waals surface area contributed by atoms with Crippen molar-refractivity contribution in [2.45, 2.75) is 12.6 Å². The summed E-state index contributed by atoms with van der Waals surface area (Å²) < 4.78 is 21.5. The van der Waals surface area contributed by atoms with E-state index in [9.17, 15) is 4.79 Å². The standard InChI is InChI=1S/C23H22N4O5/c1-4-17(25-23(28)32-14-16-9-6-5-7-10-16)15-31-22-26-18(13-24-27-22)21-19(29-2)11-8-12-20(21)30-3/h1,5-13,17H,14-15H2,2-3H3,(H,25,28). The molecule has 1 amide bonds. The molecule has 1 atom stereocenters. The molecule has 0 saturated heterocycles. The van der Waals surface area contributed by atoms with Crippen molar-refractivity contribution in [2.24, 2.45) is 0 Å². The molecule has 0 bridgehead atoms. The molecule has 1 N–H and O–H groups in total. The average Bonchev–Trinajstić information content (AvgIpc) is 2.85. The van der Waals surface area contributed by atoms with Crippen molar-refractivity contribution < 1.29 is 23.7 Å². The van der Waals surface area contributed by atoms with E-state index in [-0.39, 0.29) is 19.2 Å². The van der Waals surface area contributed by atoms with Crippen LogP contribution < -0.4 is 19.5 Å². The Morgan fingerprint density at radius 2 is 1.81 bits per heavy atom. The number of amides is 1. The molecule has 3 rings (SSSR count). The number of rotatable bonds is 9. The van der Waals surface area contributed by atoms with Crippen molar-refractivity contribution in [2.75, 3.05) is 20.8 Å². The van der Waals surface area contributed by atoms with Gasteiger partial charge in [0, 0.05) is 0 Å². The molecule has 0 spiro atoms. The first kappa shape index (κ1) is 22.4. The first-order chi connectivity index (χ1) is 15.6. The van der Waals surface area contributed by atoms with Crippen molar-refractivity contribution in [3.05, 3.63) is 60.3 Å². The summed E-state index contributed by atoms with van der Waals surface area (Å²) in [4.78, 5) is 16.4. The quantitative estimate of drug-likeness (QED) is 0.513. The van der Waals surface area contributed by atoms with E-state index in [2.05, 4.69) is 26.4 Å². The third-order valence-corrected chi connectivity index (χ3v) is 4.31. The molecule has 9 nitrogen and oxygen atoms in total. The van der Waals surface area contributed by atoms with Gasteiger partial charge >= 0.3 is 12.1 Å². The van der Waals surface area contributed by atoms with Crippen LogP contribution in [0.2, 0.25) is 0 Å². The minimum Gasteiger partial charge on any atom is -0.496 e. The normalized spacial score (nSPS) is 11.0. The SMILES string of the molecule is C#CC(COc1nncc(-c2c(OC)cccc2OC)n1)NC(=O)OCc1ccccc1. The number of methoxy groups -OCH3 is 2. The molecule has 9 heteroatoms. The van der Waals surface area contributed by atoms with Gasteiger partial charge in [-0.15, -0.1) is 6.42 Å². The number of terminal acetylenes is 1. The molecule has 1 aromatic heterocycles. The molecule has 3 aromatic rings. The highest BCUT2D eigenvalue weighted by Crippen LogP contribution is 2.37. The molecule has 0 aliphatic heterocycles. The smallest absolute Gasteiger partial charge is 0.408 e. The van der Waals surface area contributed by atoms with E-state index in [0.717, 1.165) is 5.56 Å². The number of hydrogen-bond donors (Lipinski definition) is 1. The monoisotopic (exact) mass is 434 g/mol. The predicted molar refractivity (Wildman–Crippen MR) is 116 cm³/mol. The van der Waals surface area contributed by atoms with Gasteiger partial charge < -0.3 is 24.3 Å². The molecule has 0 fully saturated rings. The van der Waals surface area contributed by atoms with E-state index in [1.165, 1.54) is 6.20 Å². The van der Waals surface area contributed by atoms with Gasteiger partial charge in [-0.25, -0.2) is 4.79 Å². The van der Waals surface area contributed by atoms with Gasteiger partial charge in [-0.05, 0) is 17.7 Å². The lowest BCUT2D eigenvalue weighted by atomic mass is 10.1. The topological polar surface area (TPSA) is 105 Å². The Hall–Kier alpha value is -4.32. The Bertz CT molecular complexity index is 1060. The summed E-state index contributed by atoms with van der Waals surface area (Å²) in [5.41, 5.74) is 1.91. The minimum absolute atomic E-state index is 0.0184. The van der Waals surface area contributed by atoms with Gasteiger partial charge in [0.2, 0.25) is 0 Å². The Morgan fingerprint density at radius 1 is 1.09 bits per heavy atom. The average molecular weight is 434 g/mol. The van der Waals surface area contributed by atoms with Crippen LogP contribution in [0.25, 0.3) is 11.3 Å². The van der Waals surface area contributed by atoms with E-state index in [1.54, 1.807) is 32.4 Å². The molecule has 0 aliphatic rings. The zero-order chi connectivity index (χ0) is 22.8. The van der Waals surface area contributed by atoms with Crippen molar-refractivity contribution >= 4 is 6.09 Å². The fraction of sp³-hybridized carbons (Fsp3) is 0.217. The number of hydrogen-bond acceptors (Lipinski definition) is 8. The molecule has 0 saturated carbocycles. The first-order valence-electron chi connectivity index (χ1n) is 9.61. The van der Waals surface area contributed by atoms with Crippen LogP contribution in [0.15, 0.2) is 54.7 Å². The lowest BCUT2D eigenvalue weighted by Gasteiger charge is -2.14. The number of aromatic nitrogens is 3. The van der Waals surface area contributed by atoms with Gasteiger partial charge in [0.15, 0.2) is 0 Å². The first-order valence-corrected chi connectivity index (χ1v) is 9.61. The molecular weight excluding hydrogens is 412 g/mol. The fourth-order valence-electron chi connectivity index (χ4n) is 2.77. The predicted octanol–water partition coefficient (Wildman–Crippen LogP) is 2.86. The zero-order valence-corrected chi connectivity index (χ0v) is 17.6. The van der Waals surface area contributed by atoms with Crippen LogP contribution in [0.1, 0.15) is 5.56 Å². The second kappa shape index (κ2) is 11.2. The number of alkyl carbamates (subject to hydrolysis) is 1. The Kier molecular flexibility index (Phi) is 7.81. The lowest BCUT2D eigenvalue weighted by Crippen LogP contribution is -2.38. The molecule has 32 heavy (non-hydrogen) atoms. The molecule has 1 heterocycles. The van der Waals surface area contributed by atoms with E-state index >= 15 is 0 Å². The number of nitrogens with one attached hydrogen (secondary N) is 1. The van der Waals surface area contributed by atoms with Crippen molar-refractivity contribution in [1.29, 1.82) is 0 Å². The van der Waals surface area contributed by atoms with Gasteiger partial charge in [-0.3, -0.25) is 0 Å². The third-order valence-electron chi connectivity index (χ3n) is 4.31. The highest BCUT2D eigenvalue weighted by Gasteiger charge is 2.17. The number of carbonyl (C=O) groups is 1. The van der Waals surface area contributed by atoms with Crippen molar-refractivity contribution in [1.82, 2.24) is 20.5 Å². The third kappa shape index (κ3) is 5.86. The Labute approximate surface area is 185 Å². The van der Waals surface area contributed by atoms with Crippen LogP contribution in [0.3, 0.4) is 0 Å². The summed E-state index contributed by atoms with van der Waals surface area (Å²) in [6.45, 7) is 0.0474. The lowest BCUT2D eigenvalue weighted by molar-refractivity contribution is 0.134. The number of benzene rings is 2. The maximum atomic E-state index is 12.0. The van der Waals surface area contributed by atoms with Crippen LogP contribution in [-0.4, -0.2) is 48.1 Å². The molecule has 164 valence electrons. The largest absolute Gasteiger partial charge is 0.496 e. The van der Waals surface area contributed by atoms with Gasteiger partial charge in [0.05, 0.1) is 26.0 Å². The van der Waals surface area contributed by atoms with Gasteiger partial charge in [-0.1, -0.05) is 47.4 Å². The Balaban J connectivity index is 1.62.